The highest BCUT2D eigenvalue weighted by Crippen LogP contribution is 2.65. The Labute approximate surface area is 235 Å². The number of anilines is 1. The number of rotatable bonds is 4. The van der Waals surface area contributed by atoms with Gasteiger partial charge in [0.1, 0.15) is 17.2 Å². The summed E-state index contributed by atoms with van der Waals surface area (Å²) < 4.78 is 11.3. The molecule has 2 heterocycles. The normalized spacial score (nSPS) is 30.5. The number of hydrogen-bond donors (Lipinski definition) is 2. The number of benzene rings is 2. The van der Waals surface area contributed by atoms with Crippen molar-refractivity contribution in [1.29, 1.82) is 0 Å². The van der Waals surface area contributed by atoms with E-state index in [2.05, 4.69) is 0 Å². The van der Waals surface area contributed by atoms with Gasteiger partial charge >= 0.3 is 6.03 Å². The van der Waals surface area contributed by atoms with E-state index in [0.717, 1.165) is 0 Å². The van der Waals surface area contributed by atoms with Crippen molar-refractivity contribution in [3.8, 4) is 17.2 Å². The number of para-hydroxylation sites is 1. The maximum absolute atomic E-state index is 14.4. The summed E-state index contributed by atoms with van der Waals surface area (Å²) in [5.74, 6) is -5.94. The number of aromatic hydroxyl groups is 1. The maximum Gasteiger partial charge on any atom is 0.328 e. The Morgan fingerprint density at radius 2 is 1.61 bits per heavy atom. The zero-order chi connectivity index (χ0) is 29.4. The molecule has 4 aliphatic rings. The second kappa shape index (κ2) is 9.18. The molecular weight excluding hydrogens is 530 g/mol. The third kappa shape index (κ3) is 3.47. The lowest BCUT2D eigenvalue weighted by atomic mass is 9.51. The number of hydrogen-bond acceptors (Lipinski definition) is 8. The Morgan fingerprint density at radius 3 is 2.20 bits per heavy atom. The Hall–Kier alpha value is -4.67. The molecule has 41 heavy (non-hydrogen) atoms. The van der Waals surface area contributed by atoms with Crippen molar-refractivity contribution < 1.29 is 38.6 Å². The highest BCUT2D eigenvalue weighted by molar-refractivity contribution is 6.24. The van der Waals surface area contributed by atoms with Crippen molar-refractivity contribution >= 4 is 35.3 Å². The first-order valence-corrected chi connectivity index (χ1v) is 13.3. The molecule has 2 aromatic rings. The lowest BCUT2D eigenvalue weighted by Crippen LogP contribution is -2.49. The Bertz CT molecular complexity index is 1530. The van der Waals surface area contributed by atoms with E-state index < -0.39 is 64.7 Å². The monoisotopic (exact) mass is 559 g/mol. The molecular formula is C30H29N3O8. The summed E-state index contributed by atoms with van der Waals surface area (Å²) in [6, 6.07) is 10.3. The van der Waals surface area contributed by atoms with Crippen LogP contribution in [0.2, 0.25) is 0 Å². The maximum atomic E-state index is 14.4. The molecule has 11 heteroatoms. The molecule has 2 saturated heterocycles. The van der Waals surface area contributed by atoms with Crippen LogP contribution in [0, 0.1) is 29.1 Å². The number of amides is 6. The Morgan fingerprint density at radius 1 is 0.976 bits per heavy atom. The summed E-state index contributed by atoms with van der Waals surface area (Å²) in [5, 5.41) is 10.4. The summed E-state index contributed by atoms with van der Waals surface area (Å²) >= 11 is 0. The molecule has 3 fully saturated rings. The number of phenols is 1. The molecule has 6 rings (SSSR count). The molecule has 1 saturated carbocycles. The predicted molar refractivity (Wildman–Crippen MR) is 144 cm³/mol. The molecule has 2 aliphatic carbocycles. The van der Waals surface area contributed by atoms with Crippen LogP contribution in [0.15, 0.2) is 54.1 Å². The van der Waals surface area contributed by atoms with Crippen molar-refractivity contribution in [2.75, 3.05) is 19.1 Å². The molecule has 6 unspecified atom stereocenters. The van der Waals surface area contributed by atoms with Gasteiger partial charge in [-0.05, 0) is 37.8 Å². The fourth-order valence-corrected chi connectivity index (χ4v) is 7.57. The molecule has 0 bridgehead atoms. The third-order valence-corrected chi connectivity index (χ3v) is 9.33. The van der Waals surface area contributed by atoms with Crippen LogP contribution in [0.5, 0.6) is 17.2 Å². The van der Waals surface area contributed by atoms with Crippen LogP contribution >= 0.6 is 0 Å². The van der Waals surface area contributed by atoms with Crippen LogP contribution in [-0.2, 0) is 19.2 Å². The highest BCUT2D eigenvalue weighted by Gasteiger charge is 2.68. The molecule has 2 aliphatic heterocycles. The minimum atomic E-state index is -1.34. The molecule has 11 nitrogen and oxygen atoms in total. The molecule has 0 aromatic heterocycles. The van der Waals surface area contributed by atoms with Gasteiger partial charge in [0.05, 0.1) is 43.1 Å². The summed E-state index contributed by atoms with van der Waals surface area (Å²) in [4.78, 5) is 68.9. The van der Waals surface area contributed by atoms with Crippen molar-refractivity contribution in [1.82, 2.24) is 4.90 Å². The number of allylic oxidation sites excluding steroid dienone is 2. The highest BCUT2D eigenvalue weighted by atomic mass is 16.5. The lowest BCUT2D eigenvalue weighted by molar-refractivity contribution is -0.136. The molecule has 0 radical (unpaired) electrons. The van der Waals surface area contributed by atoms with Crippen molar-refractivity contribution in [3.63, 3.8) is 0 Å². The van der Waals surface area contributed by atoms with E-state index >= 15 is 0 Å². The molecule has 212 valence electrons. The van der Waals surface area contributed by atoms with E-state index in [1.165, 1.54) is 31.3 Å². The molecule has 3 N–H and O–H groups in total. The number of urea groups is 1. The first-order chi connectivity index (χ1) is 19.6. The average Bonchev–Trinajstić information content (AvgIpc) is 3.33. The summed E-state index contributed by atoms with van der Waals surface area (Å²) in [7, 11) is 2.84. The van der Waals surface area contributed by atoms with Crippen molar-refractivity contribution in [3.05, 3.63) is 59.7 Å². The van der Waals surface area contributed by atoms with E-state index in [9.17, 15) is 29.1 Å². The molecule has 2 aromatic carbocycles. The number of carbonyl (C=O) groups excluding carboxylic acids is 5. The number of carbonyl (C=O) groups is 5. The summed E-state index contributed by atoms with van der Waals surface area (Å²) in [6.45, 7) is 1.73. The minimum Gasteiger partial charge on any atom is -0.508 e. The van der Waals surface area contributed by atoms with Gasteiger partial charge in [-0.1, -0.05) is 29.8 Å². The van der Waals surface area contributed by atoms with Gasteiger partial charge in [0.25, 0.3) is 0 Å². The SMILES string of the molecule is COc1cc(O)cc(OC)c1C1C2=CCC3C(=O)N(C(N)=O)C(=O)C3C2CC2C(=O)N(c3ccccc3)C(=O)C21C. The van der Waals surface area contributed by atoms with Gasteiger partial charge in [-0.25, -0.2) is 9.69 Å². The van der Waals surface area contributed by atoms with Crippen molar-refractivity contribution in [2.24, 2.45) is 34.8 Å². The molecule has 6 atom stereocenters. The number of likely N-dealkylation sites (tertiary alicyclic amines) is 1. The van der Waals surface area contributed by atoms with Gasteiger partial charge < -0.3 is 20.3 Å². The predicted octanol–water partition coefficient (Wildman–Crippen LogP) is 2.72. The fourth-order valence-electron chi connectivity index (χ4n) is 7.57. The number of nitrogens with two attached hydrogens (primary N) is 1. The number of methoxy groups -OCH3 is 2. The average molecular weight is 560 g/mol. The third-order valence-electron chi connectivity index (χ3n) is 9.33. The molecule has 0 spiro atoms. The van der Waals surface area contributed by atoms with Gasteiger partial charge in [0.15, 0.2) is 0 Å². The lowest BCUT2D eigenvalue weighted by Gasteiger charge is -2.49. The van der Waals surface area contributed by atoms with Crippen LogP contribution in [-0.4, -0.2) is 53.9 Å². The van der Waals surface area contributed by atoms with Gasteiger partial charge in [0, 0.05) is 23.6 Å². The number of phenolic OH excluding ortho intramolecular Hbond substituents is 1. The number of imide groups is 4. The Balaban J connectivity index is 1.60. The van der Waals surface area contributed by atoms with Gasteiger partial charge in [-0.15, -0.1) is 0 Å². The van der Waals surface area contributed by atoms with E-state index in [0.29, 0.717) is 21.7 Å². The standard InChI is InChI=1S/C30H29N3O8/c1-30-19(26(36)32(28(30)38)14-7-5-4-6-8-14)13-18-16(9-10-17-22(18)27(37)33(25(17)35)29(31)39)24(30)23-20(40-2)11-15(34)12-21(23)41-3/h4-9,11-12,17-19,22,24,34H,10,13H2,1-3H3,(H2,31,39). The van der Waals surface area contributed by atoms with Crippen molar-refractivity contribution in [2.45, 2.75) is 25.7 Å². The molecule has 6 amide bonds. The quantitative estimate of drug-likeness (QED) is 0.428. The van der Waals surface area contributed by atoms with E-state index in [1.807, 2.05) is 6.08 Å². The first-order valence-electron chi connectivity index (χ1n) is 13.3. The van der Waals surface area contributed by atoms with Crippen LogP contribution in [0.4, 0.5) is 10.5 Å². The second-order valence-electron chi connectivity index (χ2n) is 11.1. The van der Waals surface area contributed by atoms with Gasteiger partial charge in [-0.2, -0.15) is 4.90 Å². The topological polar surface area (TPSA) is 157 Å². The number of nitrogens with zero attached hydrogens (tertiary/aromatic N) is 2. The second-order valence-corrected chi connectivity index (χ2v) is 11.1. The van der Waals surface area contributed by atoms with Crippen LogP contribution < -0.4 is 20.1 Å². The van der Waals surface area contributed by atoms with Crippen LogP contribution in [0.25, 0.3) is 0 Å². The van der Waals surface area contributed by atoms with Gasteiger partial charge in [0.2, 0.25) is 23.6 Å². The van der Waals surface area contributed by atoms with Gasteiger partial charge in [-0.3, -0.25) is 19.2 Å². The van der Waals surface area contributed by atoms with Crippen LogP contribution in [0.3, 0.4) is 0 Å². The van der Waals surface area contributed by atoms with Crippen LogP contribution in [0.1, 0.15) is 31.2 Å². The zero-order valence-corrected chi connectivity index (χ0v) is 22.7. The Kier molecular flexibility index (Phi) is 5.95. The van der Waals surface area contributed by atoms with E-state index in [1.54, 1.807) is 37.3 Å². The van der Waals surface area contributed by atoms with E-state index in [-0.39, 0.29) is 30.1 Å². The fraction of sp³-hybridized carbons (Fsp3) is 0.367. The first kappa shape index (κ1) is 26.5. The number of primary amides is 1. The summed E-state index contributed by atoms with van der Waals surface area (Å²) in [6.07, 6.45) is 2.10. The largest absolute Gasteiger partial charge is 0.508 e. The number of fused-ring (bicyclic) bond motifs is 4. The summed E-state index contributed by atoms with van der Waals surface area (Å²) in [5.41, 5.74) is 5.60. The number of ether oxygens (including phenoxy) is 2. The smallest absolute Gasteiger partial charge is 0.328 e. The van der Waals surface area contributed by atoms with E-state index in [4.69, 9.17) is 15.2 Å². The minimum absolute atomic E-state index is 0.113. The zero-order valence-electron chi connectivity index (χ0n) is 22.7.